The Labute approximate surface area is 127 Å². The molecule has 2 aromatic rings. The van der Waals surface area contributed by atoms with Crippen molar-refractivity contribution in [1.29, 1.82) is 0 Å². The zero-order valence-corrected chi connectivity index (χ0v) is 12.9. The third-order valence-electron chi connectivity index (χ3n) is 4.25. The number of carboxylic acids is 1. The van der Waals surface area contributed by atoms with Crippen LogP contribution in [0.25, 0.3) is 0 Å². The van der Waals surface area contributed by atoms with E-state index in [1.807, 2.05) is 12.1 Å². The maximum atomic E-state index is 11.2. The molecule has 1 fully saturated rings. The van der Waals surface area contributed by atoms with Gasteiger partial charge in [0, 0.05) is 5.41 Å². The molecule has 21 heavy (non-hydrogen) atoms. The Hall–Kier alpha value is -1.88. The summed E-state index contributed by atoms with van der Waals surface area (Å²) in [6.07, 6.45) is 3.18. The van der Waals surface area contributed by atoms with Crippen LogP contribution in [0.1, 0.15) is 45.2 Å². The molecule has 5 heteroatoms. The Morgan fingerprint density at radius 3 is 2.43 bits per heavy atom. The SMILES string of the molecule is COc1ccc(C2(c3nc(C)c(C(=O)O)s3)CCC2)cc1. The fraction of sp³-hybridized carbons (Fsp3) is 0.375. The summed E-state index contributed by atoms with van der Waals surface area (Å²) in [6, 6.07) is 8.03. The van der Waals surface area contributed by atoms with E-state index in [-0.39, 0.29) is 5.41 Å². The molecular weight excluding hydrogens is 286 g/mol. The minimum Gasteiger partial charge on any atom is -0.497 e. The van der Waals surface area contributed by atoms with Crippen molar-refractivity contribution in [3.05, 3.63) is 45.4 Å². The summed E-state index contributed by atoms with van der Waals surface area (Å²) in [6.45, 7) is 1.77. The number of aromatic carboxylic acids is 1. The average Bonchev–Trinajstić information content (AvgIpc) is 2.81. The number of methoxy groups -OCH3 is 1. The second kappa shape index (κ2) is 5.15. The highest BCUT2D eigenvalue weighted by Crippen LogP contribution is 2.50. The highest BCUT2D eigenvalue weighted by Gasteiger charge is 2.43. The monoisotopic (exact) mass is 303 g/mol. The minimum atomic E-state index is -0.888. The van der Waals surface area contributed by atoms with Crippen LogP contribution in [0, 0.1) is 6.92 Å². The van der Waals surface area contributed by atoms with Crippen molar-refractivity contribution < 1.29 is 14.6 Å². The van der Waals surface area contributed by atoms with E-state index in [0.717, 1.165) is 30.0 Å². The molecule has 0 bridgehead atoms. The van der Waals surface area contributed by atoms with Gasteiger partial charge < -0.3 is 9.84 Å². The molecule has 110 valence electrons. The number of hydrogen-bond donors (Lipinski definition) is 1. The highest BCUT2D eigenvalue weighted by atomic mass is 32.1. The smallest absolute Gasteiger partial charge is 0.347 e. The average molecular weight is 303 g/mol. The van der Waals surface area contributed by atoms with Crippen LogP contribution in [0.5, 0.6) is 5.75 Å². The Morgan fingerprint density at radius 1 is 1.33 bits per heavy atom. The van der Waals surface area contributed by atoms with Crippen LogP contribution in [0.15, 0.2) is 24.3 Å². The van der Waals surface area contributed by atoms with Crippen molar-refractivity contribution in [3.8, 4) is 5.75 Å². The van der Waals surface area contributed by atoms with Crippen molar-refractivity contribution in [1.82, 2.24) is 4.98 Å². The molecule has 0 unspecified atom stereocenters. The first-order valence-electron chi connectivity index (χ1n) is 6.92. The zero-order valence-electron chi connectivity index (χ0n) is 12.0. The molecule has 1 N–H and O–H groups in total. The van der Waals surface area contributed by atoms with E-state index in [9.17, 15) is 9.90 Å². The quantitative estimate of drug-likeness (QED) is 0.937. The Balaban J connectivity index is 2.03. The Bertz CT molecular complexity index is 671. The van der Waals surface area contributed by atoms with Crippen molar-refractivity contribution >= 4 is 17.3 Å². The molecule has 1 heterocycles. The summed E-state index contributed by atoms with van der Waals surface area (Å²) in [5.41, 5.74) is 1.69. The van der Waals surface area contributed by atoms with Crippen LogP contribution in [-0.4, -0.2) is 23.2 Å². The van der Waals surface area contributed by atoms with Gasteiger partial charge in [0.15, 0.2) is 0 Å². The van der Waals surface area contributed by atoms with Crippen LogP contribution in [0.4, 0.5) is 0 Å². The van der Waals surface area contributed by atoms with Crippen LogP contribution < -0.4 is 4.74 Å². The van der Waals surface area contributed by atoms with E-state index in [2.05, 4.69) is 17.1 Å². The van der Waals surface area contributed by atoms with Gasteiger partial charge in [-0.3, -0.25) is 0 Å². The third kappa shape index (κ3) is 2.21. The molecule has 3 rings (SSSR count). The van der Waals surface area contributed by atoms with Crippen molar-refractivity contribution in [3.63, 3.8) is 0 Å². The van der Waals surface area contributed by atoms with Gasteiger partial charge in [-0.1, -0.05) is 18.6 Å². The first kappa shape index (κ1) is 14.1. The van der Waals surface area contributed by atoms with Crippen LogP contribution in [-0.2, 0) is 5.41 Å². The van der Waals surface area contributed by atoms with E-state index in [4.69, 9.17) is 4.74 Å². The summed E-state index contributed by atoms with van der Waals surface area (Å²) >= 11 is 1.31. The predicted octanol–water partition coefficient (Wildman–Crippen LogP) is 3.63. The second-order valence-corrected chi connectivity index (χ2v) is 6.40. The number of nitrogens with zero attached hydrogens (tertiary/aromatic N) is 1. The fourth-order valence-electron chi connectivity index (χ4n) is 2.87. The van der Waals surface area contributed by atoms with Crippen molar-refractivity contribution in [2.45, 2.75) is 31.6 Å². The number of ether oxygens (including phenoxy) is 1. The normalized spacial score (nSPS) is 16.3. The fourth-order valence-corrected chi connectivity index (χ4v) is 4.04. The lowest BCUT2D eigenvalue weighted by molar-refractivity contribution is 0.0701. The van der Waals surface area contributed by atoms with Gasteiger partial charge in [0.2, 0.25) is 0 Å². The molecular formula is C16H17NO3S. The third-order valence-corrected chi connectivity index (χ3v) is 5.60. The molecule has 1 aromatic carbocycles. The van der Waals surface area contributed by atoms with Crippen LogP contribution in [0.3, 0.4) is 0 Å². The molecule has 1 saturated carbocycles. The molecule has 0 spiro atoms. The van der Waals surface area contributed by atoms with E-state index in [1.54, 1.807) is 14.0 Å². The van der Waals surface area contributed by atoms with Crippen molar-refractivity contribution in [2.24, 2.45) is 0 Å². The standard InChI is InChI=1S/C16H17NO3S/c1-10-13(14(18)19)21-15(17-10)16(8-3-9-16)11-4-6-12(20-2)7-5-11/h4-7H,3,8-9H2,1-2H3,(H,18,19). The zero-order chi connectivity index (χ0) is 15.0. The maximum Gasteiger partial charge on any atom is 0.347 e. The molecule has 1 aliphatic rings. The van der Waals surface area contributed by atoms with Crippen LogP contribution >= 0.6 is 11.3 Å². The number of aryl methyl sites for hydroxylation is 1. The van der Waals surface area contributed by atoms with Gasteiger partial charge in [0.05, 0.1) is 12.8 Å². The molecule has 1 aliphatic carbocycles. The van der Waals surface area contributed by atoms with Gasteiger partial charge in [-0.05, 0) is 37.5 Å². The van der Waals surface area contributed by atoms with E-state index >= 15 is 0 Å². The summed E-state index contributed by atoms with van der Waals surface area (Å²) in [5.74, 6) is -0.0600. The van der Waals surface area contributed by atoms with Gasteiger partial charge in [0.25, 0.3) is 0 Å². The topological polar surface area (TPSA) is 59.4 Å². The number of carboxylic acid groups (broad SMARTS) is 1. The number of aromatic nitrogens is 1. The first-order valence-corrected chi connectivity index (χ1v) is 7.74. The lowest BCUT2D eigenvalue weighted by Gasteiger charge is -2.40. The molecule has 0 atom stereocenters. The Morgan fingerprint density at radius 2 is 2.00 bits per heavy atom. The first-order chi connectivity index (χ1) is 10.1. The van der Waals surface area contributed by atoms with Gasteiger partial charge in [-0.2, -0.15) is 0 Å². The molecule has 0 saturated heterocycles. The largest absolute Gasteiger partial charge is 0.497 e. The van der Waals surface area contributed by atoms with Gasteiger partial charge in [-0.25, -0.2) is 9.78 Å². The van der Waals surface area contributed by atoms with Crippen LogP contribution in [0.2, 0.25) is 0 Å². The van der Waals surface area contributed by atoms with Gasteiger partial charge in [-0.15, -0.1) is 11.3 Å². The summed E-state index contributed by atoms with van der Waals surface area (Å²) in [5, 5.41) is 10.2. The molecule has 0 radical (unpaired) electrons. The van der Waals surface area contributed by atoms with E-state index in [0.29, 0.717) is 10.6 Å². The highest BCUT2D eigenvalue weighted by molar-refractivity contribution is 7.13. The van der Waals surface area contributed by atoms with E-state index in [1.165, 1.54) is 16.9 Å². The summed E-state index contributed by atoms with van der Waals surface area (Å²) in [7, 11) is 1.65. The molecule has 0 aliphatic heterocycles. The summed E-state index contributed by atoms with van der Waals surface area (Å²) in [4.78, 5) is 16.1. The molecule has 1 aromatic heterocycles. The maximum absolute atomic E-state index is 11.2. The number of benzene rings is 1. The number of hydrogen-bond acceptors (Lipinski definition) is 4. The van der Waals surface area contributed by atoms with Crippen molar-refractivity contribution in [2.75, 3.05) is 7.11 Å². The summed E-state index contributed by atoms with van der Waals surface area (Å²) < 4.78 is 5.20. The molecule has 4 nitrogen and oxygen atoms in total. The predicted molar refractivity (Wildman–Crippen MR) is 81.4 cm³/mol. The lowest BCUT2D eigenvalue weighted by Crippen LogP contribution is -2.35. The van der Waals surface area contributed by atoms with Gasteiger partial charge >= 0.3 is 5.97 Å². The lowest BCUT2D eigenvalue weighted by atomic mass is 9.65. The number of carbonyl (C=O) groups is 1. The minimum absolute atomic E-state index is 0.116. The number of thiazole rings is 1. The van der Waals surface area contributed by atoms with E-state index < -0.39 is 5.97 Å². The van der Waals surface area contributed by atoms with Gasteiger partial charge in [0.1, 0.15) is 15.6 Å². The molecule has 0 amide bonds. The Kier molecular flexibility index (Phi) is 3.45. The number of rotatable bonds is 4. The second-order valence-electron chi connectivity index (χ2n) is 5.40.